The summed E-state index contributed by atoms with van der Waals surface area (Å²) in [7, 11) is -4.15. The van der Waals surface area contributed by atoms with E-state index < -0.39 is 21.7 Å². The molecule has 1 aliphatic heterocycles. The Labute approximate surface area is 147 Å². The second kappa shape index (κ2) is 6.73. The molecular formula is C17H14F3NO4S. The van der Waals surface area contributed by atoms with Crippen LogP contribution >= 0.6 is 0 Å². The molecule has 3 rings (SSSR count). The van der Waals surface area contributed by atoms with Crippen molar-refractivity contribution in [2.24, 2.45) is 4.99 Å². The van der Waals surface area contributed by atoms with E-state index in [9.17, 15) is 21.6 Å². The van der Waals surface area contributed by atoms with E-state index in [1.807, 2.05) is 0 Å². The van der Waals surface area contributed by atoms with Gasteiger partial charge in [-0.15, -0.1) is 13.2 Å². The zero-order valence-electron chi connectivity index (χ0n) is 13.2. The average molecular weight is 385 g/mol. The Bertz CT molecular complexity index is 907. The first kappa shape index (κ1) is 18.4. The van der Waals surface area contributed by atoms with Gasteiger partial charge >= 0.3 is 6.36 Å². The van der Waals surface area contributed by atoms with Crippen LogP contribution in [0.15, 0.2) is 53.5 Å². The van der Waals surface area contributed by atoms with Crippen LogP contribution in [0, 0.1) is 0 Å². The monoisotopic (exact) mass is 385 g/mol. The highest BCUT2D eigenvalue weighted by atomic mass is 32.2. The number of rotatable bonds is 4. The largest absolute Gasteiger partial charge is 0.573 e. The summed E-state index contributed by atoms with van der Waals surface area (Å²) < 4.78 is 71.7. The summed E-state index contributed by atoms with van der Waals surface area (Å²) >= 11 is 0. The van der Waals surface area contributed by atoms with Crippen LogP contribution in [0.1, 0.15) is 18.0 Å². The molecule has 2 unspecified atom stereocenters. The standard InChI is InChI=1S/C17H14F3NO4S/c18-17(19,20)25-14-7-5-12(6-8-14)11-1-3-13(4-2-11)16-9-15(10-21-16)26(22,23)24/h1-8,10,15-16H,9H2,(H,22,23,24). The molecule has 0 amide bonds. The maximum absolute atomic E-state index is 12.2. The van der Waals surface area contributed by atoms with Gasteiger partial charge in [0.1, 0.15) is 11.0 Å². The summed E-state index contributed by atoms with van der Waals surface area (Å²) in [5.41, 5.74) is 2.27. The molecule has 0 radical (unpaired) electrons. The fraction of sp³-hybridized carbons (Fsp3) is 0.235. The van der Waals surface area contributed by atoms with Crippen molar-refractivity contribution in [3.05, 3.63) is 54.1 Å². The maximum Gasteiger partial charge on any atom is 0.573 e. The van der Waals surface area contributed by atoms with Crippen molar-refractivity contribution in [2.45, 2.75) is 24.1 Å². The molecule has 2 aromatic carbocycles. The lowest BCUT2D eigenvalue weighted by Crippen LogP contribution is -2.19. The van der Waals surface area contributed by atoms with Crippen molar-refractivity contribution in [1.29, 1.82) is 0 Å². The number of hydrogen-bond donors (Lipinski definition) is 1. The quantitative estimate of drug-likeness (QED) is 0.807. The molecule has 0 fully saturated rings. The van der Waals surface area contributed by atoms with E-state index in [1.54, 1.807) is 24.3 Å². The number of halogens is 3. The summed E-state index contributed by atoms with van der Waals surface area (Å²) in [6.45, 7) is 0. The lowest BCUT2D eigenvalue weighted by Gasteiger charge is -2.11. The molecule has 26 heavy (non-hydrogen) atoms. The van der Waals surface area contributed by atoms with Crippen molar-refractivity contribution < 1.29 is 30.9 Å². The van der Waals surface area contributed by atoms with Crippen LogP contribution in [0.4, 0.5) is 13.2 Å². The molecule has 0 bridgehead atoms. The number of benzene rings is 2. The Morgan fingerprint density at radius 3 is 2.00 bits per heavy atom. The van der Waals surface area contributed by atoms with Crippen LogP contribution in [0.2, 0.25) is 0 Å². The summed E-state index contributed by atoms with van der Waals surface area (Å²) in [4.78, 5) is 4.11. The molecule has 0 saturated carbocycles. The van der Waals surface area contributed by atoms with Gasteiger partial charge in [-0.3, -0.25) is 9.55 Å². The fourth-order valence-corrected chi connectivity index (χ4v) is 3.36. The molecule has 2 atom stereocenters. The Kier molecular flexibility index (Phi) is 4.76. The zero-order valence-corrected chi connectivity index (χ0v) is 14.0. The summed E-state index contributed by atoms with van der Waals surface area (Å²) in [5, 5.41) is -1.01. The van der Waals surface area contributed by atoms with Gasteiger partial charge in [0.15, 0.2) is 0 Å². The Morgan fingerprint density at radius 1 is 1.00 bits per heavy atom. The van der Waals surface area contributed by atoms with Crippen LogP contribution in [0.5, 0.6) is 5.75 Å². The van der Waals surface area contributed by atoms with Gasteiger partial charge in [0.05, 0.1) is 6.04 Å². The SMILES string of the molecule is O=S(=O)(O)C1C=NC(c2ccc(-c3ccc(OC(F)(F)F)cc3)cc2)C1. The highest BCUT2D eigenvalue weighted by Gasteiger charge is 2.31. The lowest BCUT2D eigenvalue weighted by atomic mass is 10.00. The smallest absolute Gasteiger partial charge is 0.406 e. The van der Waals surface area contributed by atoms with Crippen molar-refractivity contribution in [3.63, 3.8) is 0 Å². The molecule has 1 heterocycles. The summed E-state index contributed by atoms with van der Waals surface area (Å²) in [5.74, 6) is -0.297. The number of ether oxygens (including phenoxy) is 1. The molecule has 0 aromatic heterocycles. The van der Waals surface area contributed by atoms with Crippen molar-refractivity contribution in [2.75, 3.05) is 0 Å². The van der Waals surface area contributed by atoms with Gasteiger partial charge in [0.25, 0.3) is 10.1 Å². The molecule has 9 heteroatoms. The third-order valence-electron chi connectivity index (χ3n) is 3.99. The predicted molar refractivity (Wildman–Crippen MR) is 89.7 cm³/mol. The topological polar surface area (TPSA) is 76.0 Å². The first-order chi connectivity index (χ1) is 12.1. The minimum atomic E-state index is -4.73. The zero-order chi connectivity index (χ0) is 18.9. The molecular weight excluding hydrogens is 371 g/mol. The third kappa shape index (κ3) is 4.41. The summed E-state index contributed by atoms with van der Waals surface area (Å²) in [6.07, 6.45) is -3.33. The average Bonchev–Trinajstić information content (AvgIpc) is 3.05. The third-order valence-corrected chi connectivity index (χ3v) is 5.07. The number of hydrogen-bond acceptors (Lipinski definition) is 4. The van der Waals surface area contributed by atoms with Gasteiger partial charge < -0.3 is 4.74 Å². The van der Waals surface area contributed by atoms with Crippen molar-refractivity contribution >= 4 is 16.3 Å². The van der Waals surface area contributed by atoms with Crippen LogP contribution in [-0.4, -0.2) is 30.8 Å². The molecule has 2 aromatic rings. The van der Waals surface area contributed by atoms with E-state index >= 15 is 0 Å². The summed E-state index contributed by atoms with van der Waals surface area (Å²) in [6, 6.07) is 12.2. The van der Waals surface area contributed by atoms with Gasteiger partial charge in [-0.05, 0) is 35.2 Å². The Hall–Kier alpha value is -2.39. The second-order valence-electron chi connectivity index (χ2n) is 5.80. The van der Waals surface area contributed by atoms with Gasteiger partial charge in [-0.25, -0.2) is 0 Å². The normalized spacial score (nSPS) is 20.3. The molecule has 0 saturated heterocycles. The number of nitrogens with zero attached hydrogens (tertiary/aromatic N) is 1. The Balaban J connectivity index is 1.71. The minimum absolute atomic E-state index is 0.168. The maximum atomic E-state index is 12.2. The van der Waals surface area contributed by atoms with E-state index in [4.69, 9.17) is 4.55 Å². The molecule has 0 spiro atoms. The van der Waals surface area contributed by atoms with Crippen molar-refractivity contribution in [1.82, 2.24) is 0 Å². The highest BCUT2D eigenvalue weighted by Crippen LogP contribution is 2.31. The molecule has 0 aliphatic carbocycles. The molecule has 5 nitrogen and oxygen atoms in total. The molecule has 138 valence electrons. The van der Waals surface area contributed by atoms with Gasteiger partial charge in [0.2, 0.25) is 0 Å². The van der Waals surface area contributed by atoms with Crippen LogP contribution in [0.3, 0.4) is 0 Å². The van der Waals surface area contributed by atoms with Gasteiger partial charge in [-0.1, -0.05) is 36.4 Å². The molecule has 1 aliphatic rings. The fourth-order valence-electron chi connectivity index (χ4n) is 2.71. The van der Waals surface area contributed by atoms with Crippen LogP contribution < -0.4 is 4.74 Å². The Morgan fingerprint density at radius 2 is 1.54 bits per heavy atom. The van der Waals surface area contributed by atoms with E-state index in [0.717, 1.165) is 11.1 Å². The molecule has 1 N–H and O–H groups in total. The van der Waals surface area contributed by atoms with E-state index in [-0.39, 0.29) is 18.2 Å². The first-order valence-electron chi connectivity index (χ1n) is 7.57. The second-order valence-corrected chi connectivity index (χ2v) is 7.43. The van der Waals surface area contributed by atoms with E-state index in [0.29, 0.717) is 5.56 Å². The van der Waals surface area contributed by atoms with Crippen molar-refractivity contribution in [3.8, 4) is 16.9 Å². The first-order valence-corrected chi connectivity index (χ1v) is 9.08. The predicted octanol–water partition coefficient (Wildman–Crippen LogP) is 4.02. The van der Waals surface area contributed by atoms with E-state index in [1.165, 1.54) is 30.5 Å². The van der Waals surface area contributed by atoms with Gasteiger partial charge in [-0.2, -0.15) is 8.42 Å². The van der Waals surface area contributed by atoms with Crippen LogP contribution in [-0.2, 0) is 10.1 Å². The van der Waals surface area contributed by atoms with Gasteiger partial charge in [0, 0.05) is 6.21 Å². The number of aliphatic imine (C=N–C) groups is 1. The highest BCUT2D eigenvalue weighted by molar-refractivity contribution is 7.87. The van der Waals surface area contributed by atoms with Crippen LogP contribution in [0.25, 0.3) is 11.1 Å². The lowest BCUT2D eigenvalue weighted by molar-refractivity contribution is -0.274. The minimum Gasteiger partial charge on any atom is -0.406 e. The number of alkyl halides is 3. The van der Waals surface area contributed by atoms with E-state index in [2.05, 4.69) is 9.73 Å².